The molecule has 0 saturated carbocycles. The summed E-state index contributed by atoms with van der Waals surface area (Å²) >= 11 is 0. The number of rotatable bonds is 0. The minimum Gasteiger partial charge on any atom is -0.493 e. The van der Waals surface area contributed by atoms with Crippen LogP contribution in [-0.4, -0.2) is 19.7 Å². The van der Waals surface area contributed by atoms with E-state index in [1.165, 1.54) is 6.07 Å². The lowest BCUT2D eigenvalue weighted by molar-refractivity contribution is 0.179. The van der Waals surface area contributed by atoms with Crippen LogP contribution in [0.1, 0.15) is 24.8 Å². The highest BCUT2D eigenvalue weighted by atomic mass is 19.1. The summed E-state index contributed by atoms with van der Waals surface area (Å²) in [7, 11) is 0. The molecule has 0 radical (unpaired) electrons. The Morgan fingerprint density at radius 3 is 2.81 bits per heavy atom. The van der Waals surface area contributed by atoms with Crippen LogP contribution >= 0.6 is 0 Å². The zero-order valence-corrected chi connectivity index (χ0v) is 9.26. The van der Waals surface area contributed by atoms with E-state index < -0.39 is 0 Å². The molecule has 0 aliphatic carbocycles. The summed E-state index contributed by atoms with van der Waals surface area (Å²) in [4.78, 5) is 0. The van der Waals surface area contributed by atoms with E-state index in [1.54, 1.807) is 12.1 Å². The Balaban J connectivity index is 2.06. The maximum atomic E-state index is 13.4. The second-order valence-corrected chi connectivity index (χ2v) is 4.77. The van der Waals surface area contributed by atoms with Crippen LogP contribution in [0.25, 0.3) is 0 Å². The van der Waals surface area contributed by atoms with Crippen molar-refractivity contribution in [2.45, 2.75) is 24.7 Å². The number of hydrogen-bond donors (Lipinski definition) is 1. The topological polar surface area (TPSA) is 21.3 Å². The first-order valence-electron chi connectivity index (χ1n) is 5.94. The molecule has 86 valence electrons. The SMILES string of the molecule is Fc1ccc2c(c1)C1(CCNCC1)CCO2. The number of piperidine rings is 1. The van der Waals surface area contributed by atoms with E-state index in [4.69, 9.17) is 4.74 Å². The predicted octanol–water partition coefficient (Wildman–Crippen LogP) is 2.23. The smallest absolute Gasteiger partial charge is 0.123 e. The molecular formula is C13H16FNO. The number of hydrogen-bond acceptors (Lipinski definition) is 2. The Morgan fingerprint density at radius 2 is 2.00 bits per heavy atom. The highest BCUT2D eigenvalue weighted by molar-refractivity contribution is 5.42. The van der Waals surface area contributed by atoms with Gasteiger partial charge in [-0.15, -0.1) is 0 Å². The Bertz CT molecular complexity index is 399. The molecule has 2 aliphatic heterocycles. The Kier molecular flexibility index (Phi) is 2.36. The van der Waals surface area contributed by atoms with E-state index in [0.717, 1.165) is 50.3 Å². The highest BCUT2D eigenvalue weighted by Gasteiger charge is 2.38. The highest BCUT2D eigenvalue weighted by Crippen LogP contribution is 2.44. The number of halogens is 1. The van der Waals surface area contributed by atoms with E-state index in [2.05, 4.69) is 5.32 Å². The van der Waals surface area contributed by atoms with E-state index >= 15 is 0 Å². The van der Waals surface area contributed by atoms with Crippen molar-refractivity contribution >= 4 is 0 Å². The second-order valence-electron chi connectivity index (χ2n) is 4.77. The lowest BCUT2D eigenvalue weighted by atomic mass is 9.70. The molecule has 0 aromatic heterocycles. The molecule has 2 aliphatic rings. The van der Waals surface area contributed by atoms with Crippen molar-refractivity contribution in [2.75, 3.05) is 19.7 Å². The molecule has 3 heteroatoms. The average molecular weight is 221 g/mol. The molecule has 1 spiro atoms. The summed E-state index contributed by atoms with van der Waals surface area (Å²) in [5, 5.41) is 3.37. The van der Waals surface area contributed by atoms with Crippen LogP contribution in [0.4, 0.5) is 4.39 Å². The second kappa shape index (κ2) is 3.74. The molecule has 1 N–H and O–H groups in total. The fourth-order valence-corrected chi connectivity index (χ4v) is 2.96. The van der Waals surface area contributed by atoms with Crippen molar-refractivity contribution in [3.63, 3.8) is 0 Å². The number of nitrogens with one attached hydrogen (secondary N) is 1. The maximum absolute atomic E-state index is 13.4. The van der Waals surface area contributed by atoms with Gasteiger partial charge < -0.3 is 10.1 Å². The zero-order chi connectivity index (χ0) is 11.0. The van der Waals surface area contributed by atoms with Gasteiger partial charge in [0, 0.05) is 11.0 Å². The summed E-state index contributed by atoms with van der Waals surface area (Å²) in [6.45, 7) is 2.81. The first-order valence-corrected chi connectivity index (χ1v) is 5.94. The molecule has 1 aromatic rings. The van der Waals surface area contributed by atoms with E-state index in [9.17, 15) is 4.39 Å². The molecule has 3 rings (SSSR count). The minimum atomic E-state index is -0.151. The minimum absolute atomic E-state index is 0.151. The van der Waals surface area contributed by atoms with Gasteiger partial charge in [0.05, 0.1) is 6.61 Å². The van der Waals surface area contributed by atoms with E-state index in [1.807, 2.05) is 0 Å². The van der Waals surface area contributed by atoms with E-state index in [-0.39, 0.29) is 11.2 Å². The van der Waals surface area contributed by atoms with Gasteiger partial charge in [0.25, 0.3) is 0 Å². The molecule has 0 amide bonds. The monoisotopic (exact) mass is 221 g/mol. The molecular weight excluding hydrogens is 205 g/mol. The average Bonchev–Trinajstić information content (AvgIpc) is 2.32. The summed E-state index contributed by atoms with van der Waals surface area (Å²) < 4.78 is 19.0. The van der Waals surface area contributed by atoms with Gasteiger partial charge in [-0.25, -0.2) is 4.39 Å². The van der Waals surface area contributed by atoms with Gasteiger partial charge in [-0.1, -0.05) is 0 Å². The Morgan fingerprint density at radius 1 is 1.19 bits per heavy atom. The van der Waals surface area contributed by atoms with Gasteiger partial charge in [0.15, 0.2) is 0 Å². The first-order chi connectivity index (χ1) is 7.80. The van der Waals surface area contributed by atoms with Crippen molar-refractivity contribution in [3.8, 4) is 5.75 Å². The van der Waals surface area contributed by atoms with E-state index in [0.29, 0.717) is 0 Å². The molecule has 16 heavy (non-hydrogen) atoms. The van der Waals surface area contributed by atoms with Crippen LogP contribution in [0.2, 0.25) is 0 Å². The van der Waals surface area contributed by atoms with Gasteiger partial charge in [-0.2, -0.15) is 0 Å². The lowest BCUT2D eigenvalue weighted by Crippen LogP contribution is -2.43. The van der Waals surface area contributed by atoms with Crippen LogP contribution in [-0.2, 0) is 5.41 Å². The number of benzene rings is 1. The van der Waals surface area contributed by atoms with Gasteiger partial charge in [-0.05, 0) is 50.6 Å². The van der Waals surface area contributed by atoms with Gasteiger partial charge in [0.1, 0.15) is 11.6 Å². The normalized spacial score (nSPS) is 22.6. The standard InChI is InChI=1S/C13H16FNO/c14-10-1-2-12-11(9-10)13(5-8-16-12)3-6-15-7-4-13/h1-2,9,15H,3-8H2. The van der Waals surface area contributed by atoms with Crippen LogP contribution in [0, 0.1) is 5.82 Å². The fourth-order valence-electron chi connectivity index (χ4n) is 2.96. The third-order valence-electron chi connectivity index (χ3n) is 3.91. The predicted molar refractivity (Wildman–Crippen MR) is 60.3 cm³/mol. The van der Waals surface area contributed by atoms with Crippen molar-refractivity contribution in [2.24, 2.45) is 0 Å². The molecule has 2 heterocycles. The van der Waals surface area contributed by atoms with Gasteiger partial charge >= 0.3 is 0 Å². The molecule has 1 saturated heterocycles. The quantitative estimate of drug-likeness (QED) is 0.725. The molecule has 0 unspecified atom stereocenters. The summed E-state index contributed by atoms with van der Waals surface area (Å²) in [5.41, 5.74) is 1.24. The first kappa shape index (κ1) is 10.1. The summed E-state index contributed by atoms with van der Waals surface area (Å²) in [5.74, 6) is 0.733. The van der Waals surface area contributed by atoms with Crippen molar-refractivity contribution in [3.05, 3.63) is 29.6 Å². The molecule has 1 aromatic carbocycles. The molecule has 1 fully saturated rings. The maximum Gasteiger partial charge on any atom is 0.123 e. The number of ether oxygens (including phenoxy) is 1. The molecule has 2 nitrogen and oxygen atoms in total. The third-order valence-corrected chi connectivity index (χ3v) is 3.91. The van der Waals surface area contributed by atoms with Crippen molar-refractivity contribution in [1.82, 2.24) is 5.32 Å². The zero-order valence-electron chi connectivity index (χ0n) is 9.26. The summed E-state index contributed by atoms with van der Waals surface area (Å²) in [6.07, 6.45) is 3.20. The van der Waals surface area contributed by atoms with Crippen LogP contribution < -0.4 is 10.1 Å². The van der Waals surface area contributed by atoms with Crippen LogP contribution in [0.15, 0.2) is 18.2 Å². The Labute approximate surface area is 94.8 Å². The fraction of sp³-hybridized carbons (Fsp3) is 0.538. The number of fused-ring (bicyclic) bond motifs is 2. The van der Waals surface area contributed by atoms with Gasteiger partial charge in [-0.3, -0.25) is 0 Å². The van der Waals surface area contributed by atoms with Gasteiger partial charge in [0.2, 0.25) is 0 Å². The molecule has 0 atom stereocenters. The third kappa shape index (κ3) is 1.50. The van der Waals surface area contributed by atoms with Crippen LogP contribution in [0.3, 0.4) is 0 Å². The lowest BCUT2D eigenvalue weighted by Gasteiger charge is -2.42. The Hall–Kier alpha value is -1.09. The van der Waals surface area contributed by atoms with Crippen LogP contribution in [0.5, 0.6) is 5.75 Å². The van der Waals surface area contributed by atoms with Crippen molar-refractivity contribution < 1.29 is 9.13 Å². The largest absolute Gasteiger partial charge is 0.493 e. The summed E-state index contributed by atoms with van der Waals surface area (Å²) in [6, 6.07) is 4.92. The molecule has 0 bridgehead atoms. The van der Waals surface area contributed by atoms with Crippen molar-refractivity contribution in [1.29, 1.82) is 0 Å².